The fourth-order valence-electron chi connectivity index (χ4n) is 1.62. The van der Waals surface area contributed by atoms with Crippen LogP contribution in [0.2, 0.25) is 10.0 Å². The van der Waals surface area contributed by atoms with E-state index in [0.29, 0.717) is 10.7 Å². The van der Waals surface area contributed by atoms with Crippen molar-refractivity contribution in [2.75, 3.05) is 5.32 Å². The Morgan fingerprint density at radius 1 is 1.24 bits per heavy atom. The number of amides is 1. The van der Waals surface area contributed by atoms with Crippen LogP contribution in [0.3, 0.4) is 0 Å². The third-order valence-electron chi connectivity index (χ3n) is 2.60. The number of nitro groups is 1. The van der Waals surface area contributed by atoms with Crippen LogP contribution < -0.4 is 5.32 Å². The van der Waals surface area contributed by atoms with Crippen molar-refractivity contribution < 1.29 is 9.72 Å². The zero-order valence-electron chi connectivity index (χ0n) is 10.3. The summed E-state index contributed by atoms with van der Waals surface area (Å²) in [7, 11) is 0. The molecule has 0 saturated carbocycles. The summed E-state index contributed by atoms with van der Waals surface area (Å²) in [5, 5.41) is 13.5. The number of carbonyl (C=O) groups excluding carboxylic acids is 1. The Labute approximate surface area is 138 Å². The Kier molecular flexibility index (Phi) is 4.82. The van der Waals surface area contributed by atoms with Gasteiger partial charge in [-0.3, -0.25) is 14.9 Å². The summed E-state index contributed by atoms with van der Waals surface area (Å²) < 4.78 is 0.763. The molecule has 0 aliphatic heterocycles. The standard InChI is InChI=1S/C13H7BrCl2N2O3/c14-7-4-5-10(9(15)6-7)17-13(19)8-2-1-3-11(12(8)16)18(20)21/h1-6H,(H,17,19). The van der Waals surface area contributed by atoms with Crippen LogP contribution in [0.15, 0.2) is 40.9 Å². The van der Waals surface area contributed by atoms with E-state index >= 15 is 0 Å². The molecule has 0 aromatic heterocycles. The molecule has 0 atom stereocenters. The van der Waals surface area contributed by atoms with Crippen molar-refractivity contribution in [2.45, 2.75) is 0 Å². The van der Waals surface area contributed by atoms with E-state index in [2.05, 4.69) is 21.2 Å². The molecule has 0 heterocycles. The number of hydrogen-bond acceptors (Lipinski definition) is 3. The van der Waals surface area contributed by atoms with Gasteiger partial charge in [-0.2, -0.15) is 0 Å². The summed E-state index contributed by atoms with van der Waals surface area (Å²) in [6.07, 6.45) is 0. The maximum absolute atomic E-state index is 12.2. The second-order valence-electron chi connectivity index (χ2n) is 3.97. The van der Waals surface area contributed by atoms with E-state index in [0.717, 1.165) is 4.47 Å². The smallest absolute Gasteiger partial charge is 0.288 e. The highest BCUT2D eigenvalue weighted by Gasteiger charge is 2.20. The second-order valence-corrected chi connectivity index (χ2v) is 5.67. The molecule has 5 nitrogen and oxygen atoms in total. The molecule has 2 rings (SSSR count). The van der Waals surface area contributed by atoms with Gasteiger partial charge >= 0.3 is 0 Å². The van der Waals surface area contributed by atoms with Crippen LogP contribution >= 0.6 is 39.1 Å². The van der Waals surface area contributed by atoms with E-state index in [1.54, 1.807) is 18.2 Å². The molecule has 8 heteroatoms. The number of carbonyl (C=O) groups is 1. The number of nitrogens with zero attached hydrogens (tertiary/aromatic N) is 1. The molecular formula is C13H7BrCl2N2O3. The summed E-state index contributed by atoms with van der Waals surface area (Å²) in [5.74, 6) is -0.576. The summed E-state index contributed by atoms with van der Waals surface area (Å²) >= 11 is 15.1. The van der Waals surface area contributed by atoms with Gasteiger partial charge in [-0.25, -0.2) is 0 Å². The highest BCUT2D eigenvalue weighted by Crippen LogP contribution is 2.30. The molecule has 0 spiro atoms. The van der Waals surface area contributed by atoms with Crippen LogP contribution in [-0.4, -0.2) is 10.8 Å². The molecule has 0 fully saturated rings. The highest BCUT2D eigenvalue weighted by molar-refractivity contribution is 9.10. The minimum Gasteiger partial charge on any atom is -0.321 e. The Morgan fingerprint density at radius 3 is 2.57 bits per heavy atom. The van der Waals surface area contributed by atoms with Crippen LogP contribution in [-0.2, 0) is 0 Å². The third-order valence-corrected chi connectivity index (χ3v) is 3.80. The Morgan fingerprint density at radius 2 is 1.95 bits per heavy atom. The lowest BCUT2D eigenvalue weighted by Gasteiger charge is -2.08. The van der Waals surface area contributed by atoms with E-state index in [1.807, 2.05) is 0 Å². The molecule has 2 aromatic rings. The second kappa shape index (κ2) is 6.43. The van der Waals surface area contributed by atoms with Crippen molar-refractivity contribution in [1.82, 2.24) is 0 Å². The average Bonchev–Trinajstić information content (AvgIpc) is 2.41. The van der Waals surface area contributed by atoms with Gasteiger partial charge in [-0.05, 0) is 24.3 Å². The lowest BCUT2D eigenvalue weighted by atomic mass is 10.2. The molecule has 0 bridgehead atoms. The number of halogens is 3. The molecular weight excluding hydrogens is 383 g/mol. The van der Waals surface area contributed by atoms with E-state index in [1.165, 1.54) is 18.2 Å². The fourth-order valence-corrected chi connectivity index (χ4v) is 2.62. The molecule has 0 aliphatic carbocycles. The molecule has 21 heavy (non-hydrogen) atoms. The summed E-state index contributed by atoms with van der Waals surface area (Å²) in [5.41, 5.74) is 0.0588. The van der Waals surface area contributed by atoms with Gasteiger partial charge in [0.15, 0.2) is 0 Å². The van der Waals surface area contributed by atoms with Gasteiger partial charge in [0.25, 0.3) is 11.6 Å². The van der Waals surface area contributed by atoms with Crippen molar-refractivity contribution in [3.63, 3.8) is 0 Å². The molecule has 0 unspecified atom stereocenters. The first-order valence-electron chi connectivity index (χ1n) is 5.59. The number of benzene rings is 2. The van der Waals surface area contributed by atoms with E-state index in [-0.39, 0.29) is 16.3 Å². The molecule has 0 aliphatic rings. The Hall–Kier alpha value is -1.63. The van der Waals surface area contributed by atoms with Gasteiger partial charge in [0.05, 0.1) is 21.2 Å². The van der Waals surface area contributed by atoms with Crippen LogP contribution in [0.4, 0.5) is 11.4 Å². The maximum atomic E-state index is 12.2. The van der Waals surface area contributed by atoms with E-state index in [4.69, 9.17) is 23.2 Å². The predicted octanol–water partition coefficient (Wildman–Crippen LogP) is 4.92. The average molecular weight is 390 g/mol. The first-order valence-corrected chi connectivity index (χ1v) is 7.14. The monoisotopic (exact) mass is 388 g/mol. The van der Waals surface area contributed by atoms with Gasteiger partial charge in [0, 0.05) is 10.5 Å². The van der Waals surface area contributed by atoms with Crippen molar-refractivity contribution in [1.29, 1.82) is 0 Å². The first kappa shape index (κ1) is 15.8. The van der Waals surface area contributed by atoms with Crippen LogP contribution in [0.1, 0.15) is 10.4 Å². The molecule has 2 aromatic carbocycles. The lowest BCUT2D eigenvalue weighted by molar-refractivity contribution is -0.384. The molecule has 1 N–H and O–H groups in total. The minimum absolute atomic E-state index is 0.00449. The van der Waals surface area contributed by atoms with Crippen molar-refractivity contribution in [3.05, 3.63) is 66.6 Å². The number of anilines is 1. The van der Waals surface area contributed by atoms with Gasteiger partial charge in [0.2, 0.25) is 0 Å². The van der Waals surface area contributed by atoms with Crippen molar-refractivity contribution >= 4 is 56.4 Å². The maximum Gasteiger partial charge on any atom is 0.288 e. The summed E-state index contributed by atoms with van der Waals surface area (Å²) in [6, 6.07) is 8.95. The summed E-state index contributed by atoms with van der Waals surface area (Å²) in [4.78, 5) is 22.3. The first-order chi connectivity index (χ1) is 9.90. The predicted molar refractivity (Wildman–Crippen MR) is 85.2 cm³/mol. The fraction of sp³-hybridized carbons (Fsp3) is 0. The number of nitro benzene ring substituents is 1. The minimum atomic E-state index is -0.647. The molecule has 1 amide bonds. The molecule has 108 valence electrons. The quantitative estimate of drug-likeness (QED) is 0.598. The van der Waals surface area contributed by atoms with Crippen LogP contribution in [0.25, 0.3) is 0 Å². The van der Waals surface area contributed by atoms with Crippen LogP contribution in [0, 0.1) is 10.1 Å². The third kappa shape index (κ3) is 3.53. The molecule has 0 saturated heterocycles. The summed E-state index contributed by atoms with van der Waals surface area (Å²) in [6.45, 7) is 0. The van der Waals surface area contributed by atoms with Gasteiger partial charge in [-0.1, -0.05) is 45.2 Å². The van der Waals surface area contributed by atoms with E-state index < -0.39 is 10.8 Å². The number of rotatable bonds is 3. The molecule has 0 radical (unpaired) electrons. The number of hydrogen-bond donors (Lipinski definition) is 1. The highest BCUT2D eigenvalue weighted by atomic mass is 79.9. The van der Waals surface area contributed by atoms with Gasteiger partial charge < -0.3 is 5.32 Å². The largest absolute Gasteiger partial charge is 0.321 e. The van der Waals surface area contributed by atoms with Gasteiger partial charge in [-0.15, -0.1) is 0 Å². The van der Waals surface area contributed by atoms with Crippen molar-refractivity contribution in [3.8, 4) is 0 Å². The van der Waals surface area contributed by atoms with Gasteiger partial charge in [0.1, 0.15) is 5.02 Å². The topological polar surface area (TPSA) is 72.2 Å². The zero-order chi connectivity index (χ0) is 15.6. The van der Waals surface area contributed by atoms with Crippen molar-refractivity contribution in [2.24, 2.45) is 0 Å². The van der Waals surface area contributed by atoms with E-state index in [9.17, 15) is 14.9 Å². The van der Waals surface area contributed by atoms with Crippen LogP contribution in [0.5, 0.6) is 0 Å². The number of nitrogens with one attached hydrogen (secondary N) is 1. The Balaban J connectivity index is 2.33. The lowest BCUT2D eigenvalue weighted by Crippen LogP contribution is -2.13. The zero-order valence-corrected chi connectivity index (χ0v) is 13.4. The Bertz CT molecular complexity index is 737. The normalized spacial score (nSPS) is 10.2. The SMILES string of the molecule is O=C(Nc1ccc(Br)cc1Cl)c1cccc([N+](=O)[O-])c1Cl.